The van der Waals surface area contributed by atoms with E-state index < -0.39 is 0 Å². The molecule has 1 amide bonds. The Kier molecular flexibility index (Phi) is 3.78. The molecule has 0 bridgehead atoms. The van der Waals surface area contributed by atoms with Crippen LogP contribution in [0.3, 0.4) is 0 Å². The van der Waals surface area contributed by atoms with Crippen molar-refractivity contribution in [2.45, 2.75) is 12.8 Å². The number of aromatic nitrogens is 1. The quantitative estimate of drug-likeness (QED) is 0.900. The number of H-pyrrole nitrogens is 1. The lowest BCUT2D eigenvalue weighted by molar-refractivity contribution is 0.102. The third kappa shape index (κ3) is 2.88. The summed E-state index contributed by atoms with van der Waals surface area (Å²) in [6, 6.07) is 9.77. The van der Waals surface area contributed by atoms with Crippen LogP contribution in [0.2, 0.25) is 0 Å². The Balaban J connectivity index is 1.74. The van der Waals surface area contributed by atoms with E-state index in [1.54, 1.807) is 12.3 Å². The molecular formula is C15H16BrN3O. The van der Waals surface area contributed by atoms with E-state index in [-0.39, 0.29) is 5.91 Å². The molecule has 5 heteroatoms. The van der Waals surface area contributed by atoms with Gasteiger partial charge in [-0.2, -0.15) is 0 Å². The van der Waals surface area contributed by atoms with Crippen LogP contribution in [0.25, 0.3) is 0 Å². The lowest BCUT2D eigenvalue weighted by Gasteiger charge is -2.18. The summed E-state index contributed by atoms with van der Waals surface area (Å²) in [6.07, 6.45) is 4.23. The van der Waals surface area contributed by atoms with Crippen molar-refractivity contribution in [3.05, 3.63) is 46.7 Å². The number of halogens is 1. The highest BCUT2D eigenvalue weighted by molar-refractivity contribution is 9.10. The number of hydrogen-bond acceptors (Lipinski definition) is 2. The second-order valence-corrected chi connectivity index (χ2v) is 5.85. The predicted octanol–water partition coefficient (Wildman–Crippen LogP) is 3.63. The molecule has 3 rings (SSSR count). The second kappa shape index (κ2) is 5.71. The highest BCUT2D eigenvalue weighted by Gasteiger charge is 2.13. The minimum Gasteiger partial charge on any atom is -0.371 e. The lowest BCUT2D eigenvalue weighted by atomic mass is 10.2. The number of carbonyl (C=O) groups excluding carboxylic acids is 1. The second-order valence-electron chi connectivity index (χ2n) is 4.93. The molecule has 2 heterocycles. The molecule has 0 saturated carbocycles. The minimum atomic E-state index is -0.130. The largest absolute Gasteiger partial charge is 0.371 e. The molecule has 20 heavy (non-hydrogen) atoms. The molecule has 1 aromatic heterocycles. The van der Waals surface area contributed by atoms with Gasteiger partial charge in [0.25, 0.3) is 5.91 Å². The standard InChI is InChI=1S/C15H16BrN3O/c16-11-8-14(17-10-11)15(20)18-12-4-3-5-13(9-12)19-6-1-2-7-19/h3-5,8-10,17H,1-2,6-7H2,(H,18,20). The Morgan fingerprint density at radius 2 is 2.05 bits per heavy atom. The first-order valence-electron chi connectivity index (χ1n) is 6.73. The Bertz CT molecular complexity index is 617. The molecule has 2 N–H and O–H groups in total. The summed E-state index contributed by atoms with van der Waals surface area (Å²) >= 11 is 3.32. The minimum absolute atomic E-state index is 0.130. The average Bonchev–Trinajstić information content (AvgIpc) is 3.10. The molecule has 104 valence electrons. The highest BCUT2D eigenvalue weighted by Crippen LogP contribution is 2.23. The maximum Gasteiger partial charge on any atom is 0.272 e. The van der Waals surface area contributed by atoms with Crippen LogP contribution in [0.15, 0.2) is 41.0 Å². The number of amides is 1. The fourth-order valence-electron chi connectivity index (χ4n) is 2.45. The zero-order chi connectivity index (χ0) is 13.9. The lowest BCUT2D eigenvalue weighted by Crippen LogP contribution is -2.18. The fourth-order valence-corrected chi connectivity index (χ4v) is 2.80. The van der Waals surface area contributed by atoms with Crippen molar-refractivity contribution in [2.24, 2.45) is 0 Å². The molecule has 4 nitrogen and oxygen atoms in total. The van der Waals surface area contributed by atoms with E-state index in [4.69, 9.17) is 0 Å². The van der Waals surface area contributed by atoms with Gasteiger partial charge in [0, 0.05) is 35.1 Å². The number of nitrogens with zero attached hydrogens (tertiary/aromatic N) is 1. The smallest absolute Gasteiger partial charge is 0.272 e. The predicted molar refractivity (Wildman–Crippen MR) is 84.3 cm³/mol. The van der Waals surface area contributed by atoms with Gasteiger partial charge in [0.15, 0.2) is 0 Å². The highest BCUT2D eigenvalue weighted by atomic mass is 79.9. The summed E-state index contributed by atoms with van der Waals surface area (Å²) in [5, 5.41) is 2.92. The van der Waals surface area contributed by atoms with Crippen LogP contribution in [0.1, 0.15) is 23.3 Å². The van der Waals surface area contributed by atoms with Crippen LogP contribution in [-0.4, -0.2) is 24.0 Å². The molecule has 0 radical (unpaired) electrons. The average molecular weight is 334 g/mol. The van der Waals surface area contributed by atoms with E-state index in [1.807, 2.05) is 18.2 Å². The Labute approximate surface area is 126 Å². The first-order valence-corrected chi connectivity index (χ1v) is 7.52. The summed E-state index contributed by atoms with van der Waals surface area (Å²) < 4.78 is 0.869. The van der Waals surface area contributed by atoms with Gasteiger partial charge in [-0.05, 0) is 53.0 Å². The van der Waals surface area contributed by atoms with Gasteiger partial charge in [-0.1, -0.05) is 6.07 Å². The SMILES string of the molecule is O=C(Nc1cccc(N2CCCC2)c1)c1cc(Br)c[nH]1. The van der Waals surface area contributed by atoms with E-state index >= 15 is 0 Å². The number of anilines is 2. The van der Waals surface area contributed by atoms with Crippen LogP contribution in [0, 0.1) is 0 Å². The van der Waals surface area contributed by atoms with Crippen molar-refractivity contribution < 1.29 is 4.79 Å². The van der Waals surface area contributed by atoms with Crippen LogP contribution in [-0.2, 0) is 0 Å². The Hall–Kier alpha value is -1.75. The van der Waals surface area contributed by atoms with Crippen LogP contribution in [0.4, 0.5) is 11.4 Å². The summed E-state index contributed by atoms with van der Waals surface area (Å²) in [6.45, 7) is 2.20. The van der Waals surface area contributed by atoms with Crippen molar-refractivity contribution in [1.29, 1.82) is 0 Å². The summed E-state index contributed by atoms with van der Waals surface area (Å²) in [4.78, 5) is 17.4. The molecule has 1 aromatic carbocycles. The van der Waals surface area contributed by atoms with Gasteiger partial charge in [0.05, 0.1) is 0 Å². The Morgan fingerprint density at radius 3 is 2.75 bits per heavy atom. The van der Waals surface area contributed by atoms with E-state index in [2.05, 4.69) is 37.2 Å². The molecule has 2 aromatic rings. The molecular weight excluding hydrogens is 318 g/mol. The van der Waals surface area contributed by atoms with Gasteiger partial charge < -0.3 is 15.2 Å². The first-order chi connectivity index (χ1) is 9.72. The number of hydrogen-bond donors (Lipinski definition) is 2. The Morgan fingerprint density at radius 1 is 1.25 bits per heavy atom. The van der Waals surface area contributed by atoms with Gasteiger partial charge in [-0.15, -0.1) is 0 Å². The molecule has 1 saturated heterocycles. The number of aromatic amines is 1. The molecule has 0 spiro atoms. The molecule has 0 aliphatic carbocycles. The van der Waals surface area contributed by atoms with E-state index in [9.17, 15) is 4.79 Å². The topological polar surface area (TPSA) is 48.1 Å². The fraction of sp³-hybridized carbons (Fsp3) is 0.267. The summed E-state index contributed by atoms with van der Waals surface area (Å²) in [5.74, 6) is -0.130. The van der Waals surface area contributed by atoms with Gasteiger partial charge in [0.2, 0.25) is 0 Å². The normalized spacial score (nSPS) is 14.6. The molecule has 0 unspecified atom stereocenters. The van der Waals surface area contributed by atoms with E-state index in [0.29, 0.717) is 5.69 Å². The number of nitrogens with one attached hydrogen (secondary N) is 2. The van der Waals surface area contributed by atoms with E-state index in [1.165, 1.54) is 18.5 Å². The molecule has 1 aliphatic heterocycles. The monoisotopic (exact) mass is 333 g/mol. The molecule has 1 aliphatic rings. The first kappa shape index (κ1) is 13.2. The zero-order valence-corrected chi connectivity index (χ0v) is 12.6. The van der Waals surface area contributed by atoms with Crippen LogP contribution < -0.4 is 10.2 Å². The van der Waals surface area contributed by atoms with Gasteiger partial charge in [-0.3, -0.25) is 4.79 Å². The summed E-state index contributed by atoms with van der Waals surface area (Å²) in [7, 11) is 0. The van der Waals surface area contributed by atoms with Crippen molar-refractivity contribution in [1.82, 2.24) is 4.98 Å². The number of rotatable bonds is 3. The van der Waals surface area contributed by atoms with Gasteiger partial charge >= 0.3 is 0 Å². The molecule has 0 atom stereocenters. The van der Waals surface area contributed by atoms with Crippen molar-refractivity contribution in [3.63, 3.8) is 0 Å². The van der Waals surface area contributed by atoms with E-state index in [0.717, 1.165) is 23.2 Å². The summed E-state index contributed by atoms with van der Waals surface area (Å²) in [5.41, 5.74) is 2.54. The van der Waals surface area contributed by atoms with Crippen molar-refractivity contribution in [2.75, 3.05) is 23.3 Å². The van der Waals surface area contributed by atoms with Gasteiger partial charge in [-0.25, -0.2) is 0 Å². The van der Waals surface area contributed by atoms with Crippen LogP contribution in [0.5, 0.6) is 0 Å². The van der Waals surface area contributed by atoms with Crippen molar-refractivity contribution in [3.8, 4) is 0 Å². The third-order valence-corrected chi connectivity index (χ3v) is 3.93. The van der Waals surface area contributed by atoms with Crippen LogP contribution >= 0.6 is 15.9 Å². The van der Waals surface area contributed by atoms with Gasteiger partial charge in [0.1, 0.15) is 5.69 Å². The maximum absolute atomic E-state index is 12.1. The third-order valence-electron chi connectivity index (χ3n) is 3.47. The number of carbonyl (C=O) groups is 1. The maximum atomic E-state index is 12.1. The van der Waals surface area contributed by atoms with Crippen molar-refractivity contribution >= 4 is 33.2 Å². The number of benzene rings is 1. The zero-order valence-electron chi connectivity index (χ0n) is 11.0. The molecule has 1 fully saturated rings.